The summed E-state index contributed by atoms with van der Waals surface area (Å²) < 4.78 is 7.79. The lowest BCUT2D eigenvalue weighted by Crippen LogP contribution is -2.31. The van der Waals surface area contributed by atoms with Crippen molar-refractivity contribution >= 4 is 46.0 Å². The second-order valence-electron chi connectivity index (χ2n) is 5.70. The summed E-state index contributed by atoms with van der Waals surface area (Å²) in [6, 6.07) is 7.21. The van der Waals surface area contributed by atoms with Gasteiger partial charge in [-0.25, -0.2) is 0 Å². The van der Waals surface area contributed by atoms with Crippen LogP contribution in [0.3, 0.4) is 0 Å². The van der Waals surface area contributed by atoms with E-state index < -0.39 is 0 Å². The Bertz CT molecular complexity index is 1040. The van der Waals surface area contributed by atoms with Gasteiger partial charge in [-0.15, -0.1) is 0 Å². The molecule has 0 spiro atoms. The summed E-state index contributed by atoms with van der Waals surface area (Å²) in [4.78, 5) is 28.0. The highest BCUT2D eigenvalue weighted by molar-refractivity contribution is 7.73. The molecular weight excluding hydrogens is 346 g/mol. The van der Waals surface area contributed by atoms with Crippen molar-refractivity contribution in [3.05, 3.63) is 43.5 Å². The molecule has 8 heteroatoms. The van der Waals surface area contributed by atoms with E-state index in [2.05, 4.69) is 10.3 Å². The summed E-state index contributed by atoms with van der Waals surface area (Å²) in [5, 5.41) is 3.43. The lowest BCUT2D eigenvalue weighted by Gasteiger charge is -2.10. The van der Waals surface area contributed by atoms with Crippen molar-refractivity contribution in [1.82, 2.24) is 14.7 Å². The van der Waals surface area contributed by atoms with Crippen molar-refractivity contribution in [2.75, 3.05) is 13.2 Å². The summed E-state index contributed by atoms with van der Waals surface area (Å²) in [7, 11) is 0. The van der Waals surface area contributed by atoms with E-state index in [0.29, 0.717) is 31.9 Å². The van der Waals surface area contributed by atoms with Crippen LogP contribution in [0.1, 0.15) is 22.5 Å². The smallest absolute Gasteiger partial charge is 0.265 e. The Hall–Kier alpha value is -2.03. The molecule has 0 radical (unpaired) electrons. The molecule has 1 aromatic carbocycles. The highest BCUT2D eigenvalue weighted by Gasteiger charge is 2.20. The zero-order valence-electron chi connectivity index (χ0n) is 12.7. The van der Waals surface area contributed by atoms with Gasteiger partial charge in [0.1, 0.15) is 10.5 Å². The van der Waals surface area contributed by atoms with Crippen LogP contribution in [0.2, 0.25) is 0 Å². The molecule has 6 nitrogen and oxygen atoms in total. The van der Waals surface area contributed by atoms with E-state index in [1.54, 1.807) is 16.5 Å². The Kier molecular flexibility index (Phi) is 3.95. The number of aromatic amines is 1. The fourth-order valence-electron chi connectivity index (χ4n) is 2.99. The normalized spacial score (nSPS) is 17.6. The summed E-state index contributed by atoms with van der Waals surface area (Å²) in [6.07, 6.45) is 2.04. The standard InChI is InChI=1S/C16H15N3O3S2/c20-14-10-5-1-2-6-11(10)19-13(18-14)12(24-16(19)23)15(21)17-8-9-4-3-7-22-9/h1-2,5-6,9H,3-4,7-8H2,(H,17,21)(H,18,20)/t9-/m1/s1. The molecule has 3 aromatic rings. The first-order valence-corrected chi connectivity index (χ1v) is 8.94. The molecule has 0 aliphatic carbocycles. The molecule has 1 aliphatic heterocycles. The highest BCUT2D eigenvalue weighted by atomic mass is 32.1. The van der Waals surface area contributed by atoms with Crippen molar-refractivity contribution in [1.29, 1.82) is 0 Å². The minimum Gasteiger partial charge on any atom is -0.376 e. The van der Waals surface area contributed by atoms with Crippen LogP contribution in [0.5, 0.6) is 0 Å². The number of hydrogen-bond donors (Lipinski definition) is 2. The van der Waals surface area contributed by atoms with E-state index in [1.807, 2.05) is 12.1 Å². The number of fused-ring (bicyclic) bond motifs is 3. The number of carbonyl (C=O) groups is 1. The third-order valence-electron chi connectivity index (χ3n) is 4.15. The van der Waals surface area contributed by atoms with Crippen molar-refractivity contribution < 1.29 is 9.53 Å². The predicted molar refractivity (Wildman–Crippen MR) is 95.5 cm³/mol. The molecule has 1 saturated heterocycles. The van der Waals surface area contributed by atoms with Crippen LogP contribution in [0, 0.1) is 3.95 Å². The number of carbonyl (C=O) groups excluding carboxylic acids is 1. The van der Waals surface area contributed by atoms with Crippen LogP contribution in [-0.4, -0.2) is 34.5 Å². The number of rotatable bonds is 3. The number of amides is 1. The van der Waals surface area contributed by atoms with E-state index >= 15 is 0 Å². The maximum Gasteiger partial charge on any atom is 0.265 e. The molecule has 2 N–H and O–H groups in total. The number of thiazole rings is 1. The molecule has 0 unspecified atom stereocenters. The van der Waals surface area contributed by atoms with Gasteiger partial charge in [-0.1, -0.05) is 23.5 Å². The number of para-hydroxylation sites is 1. The molecule has 124 valence electrons. The zero-order valence-corrected chi connectivity index (χ0v) is 14.3. The molecule has 24 heavy (non-hydrogen) atoms. The summed E-state index contributed by atoms with van der Waals surface area (Å²) in [5.41, 5.74) is 0.917. The third kappa shape index (κ3) is 2.56. The minimum atomic E-state index is -0.241. The quantitative estimate of drug-likeness (QED) is 0.703. The Labute approximate surface area is 146 Å². The minimum absolute atomic E-state index is 0.0654. The van der Waals surface area contributed by atoms with Crippen molar-refractivity contribution in [2.24, 2.45) is 0 Å². The molecule has 2 aromatic heterocycles. The average molecular weight is 361 g/mol. The first-order valence-electron chi connectivity index (χ1n) is 7.71. The number of nitrogens with zero attached hydrogens (tertiary/aromatic N) is 1. The van der Waals surface area contributed by atoms with E-state index in [-0.39, 0.29) is 17.6 Å². The SMILES string of the molecule is O=C(NC[C@H]1CCCO1)c1sc(=S)n2c1[nH]c(=O)c1ccccc12. The van der Waals surface area contributed by atoms with Gasteiger partial charge in [0.05, 0.1) is 17.0 Å². The van der Waals surface area contributed by atoms with E-state index in [0.717, 1.165) is 19.4 Å². The Balaban J connectivity index is 1.77. The fraction of sp³-hybridized carbons (Fsp3) is 0.312. The van der Waals surface area contributed by atoms with Gasteiger partial charge in [-0.05, 0) is 37.2 Å². The van der Waals surface area contributed by atoms with Gasteiger partial charge in [0.25, 0.3) is 11.5 Å². The van der Waals surface area contributed by atoms with Gasteiger partial charge in [-0.3, -0.25) is 14.0 Å². The topological polar surface area (TPSA) is 75.6 Å². The Morgan fingerprint density at radius 1 is 1.46 bits per heavy atom. The number of hydrogen-bond acceptors (Lipinski definition) is 5. The maximum absolute atomic E-state index is 12.5. The number of H-pyrrole nitrogens is 1. The van der Waals surface area contributed by atoms with E-state index in [9.17, 15) is 9.59 Å². The van der Waals surface area contributed by atoms with E-state index in [1.165, 1.54) is 11.3 Å². The van der Waals surface area contributed by atoms with Crippen LogP contribution in [0.25, 0.3) is 16.6 Å². The fourth-order valence-corrected chi connectivity index (χ4v) is 4.29. The van der Waals surface area contributed by atoms with Crippen LogP contribution in [-0.2, 0) is 4.74 Å². The van der Waals surface area contributed by atoms with Gasteiger partial charge >= 0.3 is 0 Å². The molecule has 3 heterocycles. The molecule has 1 amide bonds. The number of ether oxygens (including phenoxy) is 1. The van der Waals surface area contributed by atoms with Gasteiger partial charge in [0.2, 0.25) is 0 Å². The first-order chi connectivity index (χ1) is 11.6. The summed E-state index contributed by atoms with van der Waals surface area (Å²) in [5.74, 6) is -0.241. The summed E-state index contributed by atoms with van der Waals surface area (Å²) >= 11 is 6.61. The monoisotopic (exact) mass is 361 g/mol. The van der Waals surface area contributed by atoms with Crippen molar-refractivity contribution in [3.8, 4) is 0 Å². The van der Waals surface area contributed by atoms with Crippen LogP contribution in [0.4, 0.5) is 0 Å². The lowest BCUT2D eigenvalue weighted by molar-refractivity contribution is 0.0862. The van der Waals surface area contributed by atoms with Crippen LogP contribution >= 0.6 is 23.6 Å². The number of benzene rings is 1. The van der Waals surface area contributed by atoms with Crippen LogP contribution < -0.4 is 10.9 Å². The molecule has 0 saturated carbocycles. The second kappa shape index (κ2) is 6.12. The molecule has 0 bridgehead atoms. The number of nitrogens with one attached hydrogen (secondary N) is 2. The van der Waals surface area contributed by atoms with Crippen molar-refractivity contribution in [2.45, 2.75) is 18.9 Å². The lowest BCUT2D eigenvalue weighted by atomic mass is 10.2. The maximum atomic E-state index is 12.5. The van der Waals surface area contributed by atoms with Gasteiger partial charge < -0.3 is 15.0 Å². The van der Waals surface area contributed by atoms with E-state index in [4.69, 9.17) is 17.0 Å². The Morgan fingerprint density at radius 3 is 3.08 bits per heavy atom. The largest absolute Gasteiger partial charge is 0.376 e. The molecule has 4 rings (SSSR count). The van der Waals surface area contributed by atoms with Gasteiger partial charge in [-0.2, -0.15) is 0 Å². The Morgan fingerprint density at radius 2 is 2.29 bits per heavy atom. The van der Waals surface area contributed by atoms with Gasteiger partial charge in [0, 0.05) is 13.2 Å². The first kappa shape index (κ1) is 15.5. The molecule has 1 aliphatic rings. The molecular formula is C16H15N3O3S2. The number of aromatic nitrogens is 2. The van der Waals surface area contributed by atoms with Gasteiger partial charge in [0.15, 0.2) is 3.95 Å². The predicted octanol–water partition coefficient (Wildman–Crippen LogP) is 2.48. The molecule has 1 fully saturated rings. The van der Waals surface area contributed by atoms with Crippen molar-refractivity contribution in [3.63, 3.8) is 0 Å². The average Bonchev–Trinajstić information content (AvgIpc) is 3.21. The zero-order chi connectivity index (χ0) is 16.7. The highest BCUT2D eigenvalue weighted by Crippen LogP contribution is 2.22. The molecule has 1 atom stereocenters. The van der Waals surface area contributed by atoms with Crippen LogP contribution in [0.15, 0.2) is 29.1 Å². The third-order valence-corrected chi connectivity index (χ3v) is 5.53. The summed E-state index contributed by atoms with van der Waals surface area (Å²) in [6.45, 7) is 1.21. The second-order valence-corrected chi connectivity index (χ2v) is 7.34.